The maximum atomic E-state index is 10.9. The largest absolute Gasteiger partial charge is 0.368 e. The van der Waals surface area contributed by atoms with Gasteiger partial charge in [0, 0.05) is 25.2 Å². The molecule has 1 amide bonds. The standard InChI is InChI=1S/C14H16N4O/c1-9-7-11(13-5-6-16-14(15)18-13)3-4-12(9)8-17-10(2)19/h3-7H,8H2,1-2H3,(H,17,19)(H2,15,16,18). The minimum absolute atomic E-state index is 0.0351. The Bertz CT molecular complexity index is 610. The van der Waals surface area contributed by atoms with Crippen LogP contribution in [-0.4, -0.2) is 15.9 Å². The van der Waals surface area contributed by atoms with Crippen molar-refractivity contribution in [3.8, 4) is 11.3 Å². The molecule has 0 saturated heterocycles. The number of nitrogens with two attached hydrogens (primary N) is 1. The average Bonchev–Trinajstić information content (AvgIpc) is 2.37. The molecule has 0 fully saturated rings. The normalized spacial score (nSPS) is 10.2. The summed E-state index contributed by atoms with van der Waals surface area (Å²) in [6, 6.07) is 7.79. The van der Waals surface area contributed by atoms with Crippen LogP contribution >= 0.6 is 0 Å². The molecule has 0 radical (unpaired) electrons. The maximum absolute atomic E-state index is 10.9. The van der Waals surface area contributed by atoms with Crippen LogP contribution in [0, 0.1) is 6.92 Å². The van der Waals surface area contributed by atoms with Crippen molar-refractivity contribution in [2.75, 3.05) is 5.73 Å². The fourth-order valence-electron chi connectivity index (χ4n) is 1.81. The van der Waals surface area contributed by atoms with Gasteiger partial charge in [0.1, 0.15) is 0 Å². The lowest BCUT2D eigenvalue weighted by Crippen LogP contribution is -2.19. The first-order valence-electron chi connectivity index (χ1n) is 5.99. The maximum Gasteiger partial charge on any atom is 0.220 e. The number of hydrogen-bond acceptors (Lipinski definition) is 4. The first-order chi connectivity index (χ1) is 9.06. The van der Waals surface area contributed by atoms with E-state index in [2.05, 4.69) is 15.3 Å². The lowest BCUT2D eigenvalue weighted by molar-refractivity contribution is -0.119. The molecule has 1 heterocycles. The summed E-state index contributed by atoms with van der Waals surface area (Å²) in [5, 5.41) is 2.79. The average molecular weight is 256 g/mol. The van der Waals surface area contributed by atoms with Crippen LogP contribution in [0.4, 0.5) is 5.95 Å². The van der Waals surface area contributed by atoms with Crippen molar-refractivity contribution in [1.29, 1.82) is 0 Å². The predicted molar refractivity (Wildman–Crippen MR) is 74.1 cm³/mol. The Hall–Kier alpha value is -2.43. The van der Waals surface area contributed by atoms with Crippen molar-refractivity contribution < 1.29 is 4.79 Å². The van der Waals surface area contributed by atoms with Crippen molar-refractivity contribution in [3.05, 3.63) is 41.6 Å². The number of nitrogens with zero attached hydrogens (tertiary/aromatic N) is 2. The third-order valence-electron chi connectivity index (χ3n) is 2.84. The zero-order chi connectivity index (χ0) is 13.8. The van der Waals surface area contributed by atoms with Gasteiger partial charge in [0.25, 0.3) is 0 Å². The van der Waals surface area contributed by atoms with Crippen molar-refractivity contribution in [2.24, 2.45) is 0 Å². The van der Waals surface area contributed by atoms with E-state index in [1.54, 1.807) is 6.20 Å². The Morgan fingerprint density at radius 2 is 2.16 bits per heavy atom. The minimum atomic E-state index is -0.0351. The van der Waals surface area contributed by atoms with Crippen LogP contribution in [0.25, 0.3) is 11.3 Å². The van der Waals surface area contributed by atoms with Crippen molar-refractivity contribution in [1.82, 2.24) is 15.3 Å². The van der Waals surface area contributed by atoms with Crippen LogP contribution in [0.15, 0.2) is 30.5 Å². The smallest absolute Gasteiger partial charge is 0.220 e. The van der Waals surface area contributed by atoms with Gasteiger partial charge in [0.15, 0.2) is 0 Å². The Balaban J connectivity index is 2.26. The van der Waals surface area contributed by atoms with Crippen LogP contribution in [0.5, 0.6) is 0 Å². The van der Waals surface area contributed by atoms with Gasteiger partial charge in [0.05, 0.1) is 5.69 Å². The molecule has 5 nitrogen and oxygen atoms in total. The van der Waals surface area contributed by atoms with Gasteiger partial charge in [-0.05, 0) is 30.2 Å². The monoisotopic (exact) mass is 256 g/mol. The fraction of sp³-hybridized carbons (Fsp3) is 0.214. The van der Waals surface area contributed by atoms with Crippen LogP contribution in [0.3, 0.4) is 0 Å². The number of amides is 1. The van der Waals surface area contributed by atoms with Gasteiger partial charge < -0.3 is 11.1 Å². The molecule has 19 heavy (non-hydrogen) atoms. The van der Waals surface area contributed by atoms with Gasteiger partial charge in [-0.25, -0.2) is 9.97 Å². The number of aryl methyl sites for hydroxylation is 1. The number of rotatable bonds is 3. The summed E-state index contributed by atoms with van der Waals surface area (Å²) in [5.41, 5.74) is 9.54. The van der Waals surface area contributed by atoms with E-state index in [1.165, 1.54) is 6.92 Å². The van der Waals surface area contributed by atoms with E-state index in [9.17, 15) is 4.79 Å². The topological polar surface area (TPSA) is 80.9 Å². The van der Waals surface area contributed by atoms with E-state index in [0.29, 0.717) is 6.54 Å². The third kappa shape index (κ3) is 3.28. The van der Waals surface area contributed by atoms with Gasteiger partial charge in [-0.1, -0.05) is 12.1 Å². The van der Waals surface area contributed by atoms with Crippen molar-refractivity contribution in [2.45, 2.75) is 20.4 Å². The molecule has 0 saturated carbocycles. The number of nitrogen functional groups attached to an aromatic ring is 1. The van der Waals surface area contributed by atoms with E-state index in [4.69, 9.17) is 5.73 Å². The number of hydrogen-bond donors (Lipinski definition) is 2. The Morgan fingerprint density at radius 3 is 2.79 bits per heavy atom. The summed E-state index contributed by atoms with van der Waals surface area (Å²) in [5.74, 6) is 0.226. The van der Waals surface area contributed by atoms with E-state index < -0.39 is 0 Å². The van der Waals surface area contributed by atoms with Gasteiger partial charge in [0.2, 0.25) is 11.9 Å². The summed E-state index contributed by atoms with van der Waals surface area (Å²) >= 11 is 0. The highest BCUT2D eigenvalue weighted by molar-refractivity contribution is 5.73. The summed E-state index contributed by atoms with van der Waals surface area (Å²) < 4.78 is 0. The second-order valence-electron chi connectivity index (χ2n) is 4.35. The Labute approximate surface area is 111 Å². The number of aromatic nitrogens is 2. The molecule has 0 aliphatic rings. The van der Waals surface area contributed by atoms with Crippen molar-refractivity contribution >= 4 is 11.9 Å². The molecular formula is C14H16N4O. The molecule has 5 heteroatoms. The zero-order valence-corrected chi connectivity index (χ0v) is 11.0. The summed E-state index contributed by atoms with van der Waals surface area (Å²) in [6.07, 6.45) is 1.64. The van der Waals surface area contributed by atoms with Crippen LogP contribution in [-0.2, 0) is 11.3 Å². The number of anilines is 1. The van der Waals surface area contributed by atoms with Gasteiger partial charge in [-0.15, -0.1) is 0 Å². The first kappa shape index (κ1) is 13.0. The lowest BCUT2D eigenvalue weighted by Gasteiger charge is -2.09. The number of nitrogens with one attached hydrogen (secondary N) is 1. The molecule has 1 aromatic carbocycles. The number of carbonyl (C=O) groups excluding carboxylic acids is 1. The van der Waals surface area contributed by atoms with Gasteiger partial charge in [-0.3, -0.25) is 4.79 Å². The number of benzene rings is 1. The van der Waals surface area contributed by atoms with Gasteiger partial charge >= 0.3 is 0 Å². The molecule has 98 valence electrons. The summed E-state index contributed by atoms with van der Waals surface area (Å²) in [6.45, 7) is 4.05. The molecule has 0 aliphatic carbocycles. The molecule has 2 aromatic rings. The number of carbonyl (C=O) groups is 1. The van der Waals surface area contributed by atoms with E-state index in [-0.39, 0.29) is 11.9 Å². The van der Waals surface area contributed by atoms with E-state index in [0.717, 1.165) is 22.4 Å². The highest BCUT2D eigenvalue weighted by Gasteiger charge is 2.04. The molecule has 3 N–H and O–H groups in total. The second kappa shape index (κ2) is 5.48. The Morgan fingerprint density at radius 1 is 1.37 bits per heavy atom. The van der Waals surface area contributed by atoms with Gasteiger partial charge in [-0.2, -0.15) is 0 Å². The molecule has 0 bridgehead atoms. The molecule has 2 rings (SSSR count). The molecular weight excluding hydrogens is 240 g/mol. The summed E-state index contributed by atoms with van der Waals surface area (Å²) in [4.78, 5) is 19.0. The Kier molecular flexibility index (Phi) is 3.75. The molecule has 0 aliphatic heterocycles. The highest BCUT2D eigenvalue weighted by atomic mass is 16.1. The fourth-order valence-corrected chi connectivity index (χ4v) is 1.81. The quantitative estimate of drug-likeness (QED) is 0.875. The second-order valence-corrected chi connectivity index (χ2v) is 4.35. The van der Waals surface area contributed by atoms with Crippen LogP contribution in [0.2, 0.25) is 0 Å². The molecule has 1 aromatic heterocycles. The SMILES string of the molecule is CC(=O)NCc1ccc(-c2ccnc(N)n2)cc1C. The van der Waals surface area contributed by atoms with Crippen molar-refractivity contribution in [3.63, 3.8) is 0 Å². The van der Waals surface area contributed by atoms with Crippen LogP contribution < -0.4 is 11.1 Å². The molecule has 0 unspecified atom stereocenters. The zero-order valence-electron chi connectivity index (χ0n) is 11.0. The predicted octanol–water partition coefficient (Wildman–Crippen LogP) is 1.67. The summed E-state index contributed by atoms with van der Waals surface area (Å²) in [7, 11) is 0. The lowest BCUT2D eigenvalue weighted by atomic mass is 10.0. The van der Waals surface area contributed by atoms with Crippen LogP contribution in [0.1, 0.15) is 18.1 Å². The minimum Gasteiger partial charge on any atom is -0.368 e. The molecule has 0 atom stereocenters. The van der Waals surface area contributed by atoms with E-state index in [1.807, 2.05) is 31.2 Å². The first-order valence-corrected chi connectivity index (χ1v) is 5.99. The third-order valence-corrected chi connectivity index (χ3v) is 2.84. The van der Waals surface area contributed by atoms with E-state index >= 15 is 0 Å². The molecule has 0 spiro atoms. The highest BCUT2D eigenvalue weighted by Crippen LogP contribution is 2.20.